The van der Waals surface area contributed by atoms with Crippen LogP contribution < -0.4 is 10.6 Å². The molecule has 1 fully saturated rings. The number of methoxy groups -OCH3 is 1. The zero-order valence-corrected chi connectivity index (χ0v) is 9.93. The van der Waals surface area contributed by atoms with Crippen molar-refractivity contribution in [1.82, 2.24) is 10.6 Å². The van der Waals surface area contributed by atoms with Gasteiger partial charge >= 0.3 is 12.0 Å². The summed E-state index contributed by atoms with van der Waals surface area (Å²) in [6.45, 7) is 0. The zero-order chi connectivity index (χ0) is 14.0. The van der Waals surface area contributed by atoms with Crippen LogP contribution in [-0.4, -0.2) is 30.9 Å². The number of esters is 1. The number of nitrogens with one attached hydrogen (secondary N) is 2. The number of carbonyl (C=O) groups excluding carboxylic acids is 4. The van der Waals surface area contributed by atoms with Crippen LogP contribution >= 0.6 is 0 Å². The van der Waals surface area contributed by atoms with Gasteiger partial charge in [-0.05, 0) is 17.7 Å². The van der Waals surface area contributed by atoms with Gasteiger partial charge in [0.05, 0.1) is 12.7 Å². The summed E-state index contributed by atoms with van der Waals surface area (Å²) < 4.78 is 4.54. The molecule has 0 unspecified atom stereocenters. The molecule has 0 spiro atoms. The van der Waals surface area contributed by atoms with E-state index in [0.29, 0.717) is 11.1 Å². The standard InChI is InChI=1S/C12H10N2O5/c1-19-11(17)7-4-2-6(3-5-7)8-9(15)13-12(18)14-10(8)16/h2-5,8H,1H3,(H2,13,14,15,16,18). The molecular formula is C12H10N2O5. The first kappa shape index (κ1) is 12.7. The van der Waals surface area contributed by atoms with Crippen molar-refractivity contribution >= 4 is 23.8 Å². The van der Waals surface area contributed by atoms with Gasteiger partial charge in [-0.1, -0.05) is 12.1 Å². The molecule has 2 N–H and O–H groups in total. The quantitative estimate of drug-likeness (QED) is 0.573. The lowest BCUT2D eigenvalue weighted by molar-refractivity contribution is -0.132. The van der Waals surface area contributed by atoms with Gasteiger partial charge in [-0.2, -0.15) is 0 Å². The molecule has 1 saturated heterocycles. The predicted octanol–water partition coefficient (Wildman–Crippen LogP) is -0.0772. The van der Waals surface area contributed by atoms with Gasteiger partial charge in [-0.25, -0.2) is 9.59 Å². The summed E-state index contributed by atoms with van der Waals surface area (Å²) in [6, 6.07) is 4.98. The molecule has 1 heterocycles. The number of rotatable bonds is 2. The summed E-state index contributed by atoms with van der Waals surface area (Å²) >= 11 is 0. The van der Waals surface area contributed by atoms with Crippen LogP contribution in [0.1, 0.15) is 21.8 Å². The number of hydrogen-bond acceptors (Lipinski definition) is 5. The van der Waals surface area contributed by atoms with Crippen LogP contribution in [0, 0.1) is 0 Å². The van der Waals surface area contributed by atoms with Crippen LogP contribution in [0.2, 0.25) is 0 Å². The van der Waals surface area contributed by atoms with Crippen molar-refractivity contribution in [2.24, 2.45) is 0 Å². The highest BCUT2D eigenvalue weighted by Crippen LogP contribution is 2.19. The van der Waals surface area contributed by atoms with Gasteiger partial charge in [0.2, 0.25) is 11.8 Å². The highest BCUT2D eigenvalue weighted by molar-refractivity contribution is 6.19. The third-order valence-corrected chi connectivity index (χ3v) is 2.66. The minimum absolute atomic E-state index is 0.305. The average Bonchev–Trinajstić information content (AvgIpc) is 2.37. The molecule has 1 aliphatic rings. The van der Waals surface area contributed by atoms with Crippen LogP contribution in [0.15, 0.2) is 24.3 Å². The van der Waals surface area contributed by atoms with Gasteiger partial charge < -0.3 is 4.74 Å². The molecule has 0 aliphatic carbocycles. The van der Waals surface area contributed by atoms with Crippen molar-refractivity contribution in [3.63, 3.8) is 0 Å². The first-order valence-corrected chi connectivity index (χ1v) is 5.37. The summed E-state index contributed by atoms with van der Waals surface area (Å²) in [5.41, 5.74) is 0.689. The molecule has 1 aromatic carbocycles. The van der Waals surface area contributed by atoms with E-state index in [1.54, 1.807) is 0 Å². The van der Waals surface area contributed by atoms with Gasteiger partial charge in [0, 0.05) is 0 Å². The van der Waals surface area contributed by atoms with E-state index in [2.05, 4.69) is 4.74 Å². The van der Waals surface area contributed by atoms with E-state index in [1.807, 2.05) is 10.6 Å². The van der Waals surface area contributed by atoms with Crippen molar-refractivity contribution in [1.29, 1.82) is 0 Å². The Morgan fingerprint density at radius 1 is 1.05 bits per heavy atom. The van der Waals surface area contributed by atoms with E-state index >= 15 is 0 Å². The topological polar surface area (TPSA) is 102 Å². The number of hydrogen-bond donors (Lipinski definition) is 2. The first-order chi connectivity index (χ1) is 9.02. The molecule has 0 radical (unpaired) electrons. The number of carbonyl (C=O) groups is 4. The molecule has 0 aromatic heterocycles. The zero-order valence-electron chi connectivity index (χ0n) is 9.93. The van der Waals surface area contributed by atoms with Gasteiger partial charge in [-0.3, -0.25) is 20.2 Å². The molecule has 2 rings (SSSR count). The van der Waals surface area contributed by atoms with Crippen molar-refractivity contribution in [2.45, 2.75) is 5.92 Å². The fourth-order valence-corrected chi connectivity index (χ4v) is 1.75. The van der Waals surface area contributed by atoms with E-state index in [4.69, 9.17) is 0 Å². The Bertz CT molecular complexity index is 544. The van der Waals surface area contributed by atoms with Gasteiger partial charge in [0.25, 0.3) is 0 Å². The summed E-state index contributed by atoms with van der Waals surface area (Å²) in [6.07, 6.45) is 0. The average molecular weight is 262 g/mol. The maximum Gasteiger partial charge on any atom is 0.337 e. The third kappa shape index (κ3) is 2.44. The lowest BCUT2D eigenvalue weighted by atomic mass is 9.95. The predicted molar refractivity (Wildman–Crippen MR) is 62.2 cm³/mol. The Hall–Kier alpha value is -2.70. The number of imide groups is 2. The Kier molecular flexibility index (Phi) is 3.28. The molecule has 19 heavy (non-hydrogen) atoms. The number of ether oxygens (including phenoxy) is 1. The van der Waals surface area contributed by atoms with Gasteiger partial charge in [-0.15, -0.1) is 0 Å². The second kappa shape index (κ2) is 4.89. The molecule has 1 aromatic rings. The maximum atomic E-state index is 11.6. The maximum absolute atomic E-state index is 11.6. The highest BCUT2D eigenvalue weighted by atomic mass is 16.5. The van der Waals surface area contributed by atoms with Crippen molar-refractivity contribution in [2.75, 3.05) is 7.11 Å². The van der Waals surface area contributed by atoms with Crippen LogP contribution in [0.4, 0.5) is 4.79 Å². The third-order valence-electron chi connectivity index (χ3n) is 2.66. The molecule has 7 nitrogen and oxygen atoms in total. The first-order valence-electron chi connectivity index (χ1n) is 5.37. The molecule has 0 bridgehead atoms. The summed E-state index contributed by atoms with van der Waals surface area (Å²) in [4.78, 5) is 45.4. The molecule has 4 amide bonds. The lowest BCUT2D eigenvalue weighted by Crippen LogP contribution is -2.54. The van der Waals surface area contributed by atoms with Gasteiger partial charge in [0.15, 0.2) is 0 Å². The number of amides is 4. The van der Waals surface area contributed by atoms with E-state index in [0.717, 1.165) is 0 Å². The fourth-order valence-electron chi connectivity index (χ4n) is 1.75. The Morgan fingerprint density at radius 3 is 2.05 bits per heavy atom. The van der Waals surface area contributed by atoms with Crippen LogP contribution in [0.25, 0.3) is 0 Å². The monoisotopic (exact) mass is 262 g/mol. The minimum Gasteiger partial charge on any atom is -0.465 e. The Labute approximate surface area is 107 Å². The van der Waals surface area contributed by atoms with Crippen molar-refractivity contribution < 1.29 is 23.9 Å². The molecule has 1 aliphatic heterocycles. The second-order valence-corrected chi connectivity index (χ2v) is 3.85. The number of urea groups is 1. The minimum atomic E-state index is -1.11. The summed E-state index contributed by atoms with van der Waals surface area (Å²) in [5.74, 6) is -3.01. The Balaban J connectivity index is 2.27. The van der Waals surface area contributed by atoms with E-state index in [1.165, 1.54) is 31.4 Å². The number of barbiturate groups is 1. The van der Waals surface area contributed by atoms with Crippen LogP contribution in [0.5, 0.6) is 0 Å². The van der Waals surface area contributed by atoms with Gasteiger partial charge in [0.1, 0.15) is 5.92 Å². The lowest BCUT2D eigenvalue weighted by Gasteiger charge is -2.20. The Morgan fingerprint density at radius 2 is 1.58 bits per heavy atom. The molecule has 7 heteroatoms. The molecule has 0 saturated carbocycles. The SMILES string of the molecule is COC(=O)c1ccc(C2C(=O)NC(=O)NC2=O)cc1. The fraction of sp³-hybridized carbons (Fsp3) is 0.167. The number of benzene rings is 1. The summed E-state index contributed by atoms with van der Waals surface area (Å²) in [5, 5.41) is 4.01. The van der Waals surface area contributed by atoms with Crippen molar-refractivity contribution in [3.05, 3.63) is 35.4 Å². The normalized spacial score (nSPS) is 15.7. The van der Waals surface area contributed by atoms with Crippen molar-refractivity contribution in [3.8, 4) is 0 Å². The van der Waals surface area contributed by atoms with Crippen LogP contribution in [0.3, 0.4) is 0 Å². The largest absolute Gasteiger partial charge is 0.465 e. The van der Waals surface area contributed by atoms with E-state index < -0.39 is 29.7 Å². The van der Waals surface area contributed by atoms with Crippen LogP contribution in [-0.2, 0) is 14.3 Å². The molecular weight excluding hydrogens is 252 g/mol. The highest BCUT2D eigenvalue weighted by Gasteiger charge is 2.35. The smallest absolute Gasteiger partial charge is 0.337 e. The molecule has 0 atom stereocenters. The molecule has 98 valence electrons. The van der Waals surface area contributed by atoms with E-state index in [9.17, 15) is 19.2 Å². The summed E-state index contributed by atoms with van der Waals surface area (Å²) in [7, 11) is 1.25. The van der Waals surface area contributed by atoms with E-state index in [-0.39, 0.29) is 0 Å². The second-order valence-electron chi connectivity index (χ2n) is 3.85.